The molecule has 1 aliphatic carbocycles. The first-order valence-electron chi connectivity index (χ1n) is 8.97. The Balaban J connectivity index is 1.30. The minimum atomic E-state index is 0.00328. The summed E-state index contributed by atoms with van der Waals surface area (Å²) in [6, 6.07) is 12.2. The number of nitrogens with one attached hydrogen (secondary N) is 1. The van der Waals surface area contributed by atoms with Crippen molar-refractivity contribution in [2.75, 3.05) is 31.1 Å². The predicted molar refractivity (Wildman–Crippen MR) is 96.5 cm³/mol. The Kier molecular flexibility index (Phi) is 4.50. The molecule has 1 aliphatic heterocycles. The number of rotatable bonds is 3. The molecule has 0 radical (unpaired) electrons. The van der Waals surface area contributed by atoms with E-state index in [4.69, 9.17) is 0 Å². The van der Waals surface area contributed by atoms with E-state index in [-0.39, 0.29) is 6.03 Å². The normalized spacial score (nSPS) is 16.6. The predicted octanol–water partition coefficient (Wildman–Crippen LogP) is 2.00. The number of piperazine rings is 1. The number of carbonyl (C=O) groups excluding carboxylic acids is 1. The molecule has 0 unspecified atom stereocenters. The van der Waals surface area contributed by atoms with Gasteiger partial charge in [-0.1, -0.05) is 30.3 Å². The van der Waals surface area contributed by atoms with Crippen LogP contribution in [0.25, 0.3) is 0 Å². The second-order valence-electron chi connectivity index (χ2n) is 6.65. The van der Waals surface area contributed by atoms with Gasteiger partial charge in [-0.3, -0.25) is 0 Å². The standard InChI is InChI=1S/C19H23N5O/c25-19(20-14-15-5-2-1-3-6-15)24-11-9-23(10-12-24)18-13-16-7-4-8-17(16)21-22-18/h1-3,5-6,13H,4,7-12,14H2,(H,20,25). The van der Waals surface area contributed by atoms with Crippen LogP contribution in [-0.2, 0) is 19.4 Å². The molecule has 0 atom stereocenters. The van der Waals surface area contributed by atoms with E-state index in [2.05, 4.69) is 26.5 Å². The lowest BCUT2D eigenvalue weighted by Crippen LogP contribution is -2.52. The van der Waals surface area contributed by atoms with Gasteiger partial charge in [0.2, 0.25) is 0 Å². The minimum absolute atomic E-state index is 0.00328. The zero-order chi connectivity index (χ0) is 17.1. The van der Waals surface area contributed by atoms with Gasteiger partial charge < -0.3 is 15.1 Å². The monoisotopic (exact) mass is 337 g/mol. The second kappa shape index (κ2) is 7.09. The molecule has 1 fully saturated rings. The van der Waals surface area contributed by atoms with Crippen LogP contribution in [0.1, 0.15) is 23.2 Å². The molecule has 2 amide bonds. The van der Waals surface area contributed by atoms with Gasteiger partial charge in [0.15, 0.2) is 5.82 Å². The zero-order valence-electron chi connectivity index (χ0n) is 14.3. The average Bonchev–Trinajstić information content (AvgIpc) is 3.15. The van der Waals surface area contributed by atoms with Gasteiger partial charge in [-0.2, -0.15) is 5.10 Å². The Morgan fingerprint density at radius 1 is 1.04 bits per heavy atom. The molecule has 2 aromatic rings. The van der Waals surface area contributed by atoms with Crippen molar-refractivity contribution in [2.24, 2.45) is 0 Å². The summed E-state index contributed by atoms with van der Waals surface area (Å²) >= 11 is 0. The Bertz CT molecular complexity index is 741. The van der Waals surface area contributed by atoms with Crippen LogP contribution in [-0.4, -0.2) is 47.3 Å². The molecule has 0 spiro atoms. The van der Waals surface area contributed by atoms with Crippen LogP contribution >= 0.6 is 0 Å². The van der Waals surface area contributed by atoms with E-state index in [9.17, 15) is 4.79 Å². The zero-order valence-corrected chi connectivity index (χ0v) is 14.3. The molecule has 6 heteroatoms. The molecule has 25 heavy (non-hydrogen) atoms. The van der Waals surface area contributed by atoms with Crippen molar-refractivity contribution in [3.8, 4) is 0 Å². The molecule has 0 saturated carbocycles. The van der Waals surface area contributed by atoms with Crippen LogP contribution in [0.5, 0.6) is 0 Å². The van der Waals surface area contributed by atoms with Crippen LogP contribution in [0.4, 0.5) is 10.6 Å². The molecular formula is C19H23N5O. The van der Waals surface area contributed by atoms with Crippen LogP contribution in [0, 0.1) is 0 Å². The number of hydrogen-bond donors (Lipinski definition) is 1. The number of nitrogens with zero attached hydrogens (tertiary/aromatic N) is 4. The van der Waals surface area contributed by atoms with E-state index in [1.807, 2.05) is 35.2 Å². The molecule has 1 aromatic carbocycles. The third-order valence-electron chi connectivity index (χ3n) is 4.98. The number of hydrogen-bond acceptors (Lipinski definition) is 4. The second-order valence-corrected chi connectivity index (χ2v) is 6.65. The lowest BCUT2D eigenvalue weighted by molar-refractivity contribution is 0.194. The fraction of sp³-hybridized carbons (Fsp3) is 0.421. The SMILES string of the molecule is O=C(NCc1ccccc1)N1CCN(c2cc3c(nn2)CCC3)CC1. The molecule has 1 aromatic heterocycles. The Hall–Kier alpha value is -2.63. The third-order valence-corrected chi connectivity index (χ3v) is 4.98. The summed E-state index contributed by atoms with van der Waals surface area (Å²) in [5.41, 5.74) is 3.61. The maximum Gasteiger partial charge on any atom is 0.317 e. The fourth-order valence-electron chi connectivity index (χ4n) is 3.50. The number of fused-ring (bicyclic) bond motifs is 1. The Morgan fingerprint density at radius 3 is 2.64 bits per heavy atom. The van der Waals surface area contributed by atoms with Gasteiger partial charge in [-0.05, 0) is 36.5 Å². The molecule has 6 nitrogen and oxygen atoms in total. The number of urea groups is 1. The fourth-order valence-corrected chi connectivity index (χ4v) is 3.50. The highest BCUT2D eigenvalue weighted by molar-refractivity contribution is 5.74. The molecule has 0 bridgehead atoms. The van der Waals surface area contributed by atoms with Crippen molar-refractivity contribution >= 4 is 11.8 Å². The summed E-state index contributed by atoms with van der Waals surface area (Å²) in [6.07, 6.45) is 3.35. The van der Waals surface area contributed by atoms with E-state index in [0.717, 1.165) is 43.0 Å². The number of carbonyl (C=O) groups is 1. The number of aryl methyl sites for hydroxylation is 2. The summed E-state index contributed by atoms with van der Waals surface area (Å²) in [5.74, 6) is 0.949. The topological polar surface area (TPSA) is 61.4 Å². The highest BCUT2D eigenvalue weighted by Crippen LogP contribution is 2.23. The number of amides is 2. The Labute approximate surface area is 147 Å². The number of aromatic nitrogens is 2. The third kappa shape index (κ3) is 3.57. The maximum atomic E-state index is 12.3. The maximum absolute atomic E-state index is 12.3. The van der Waals surface area contributed by atoms with Gasteiger partial charge in [0, 0.05) is 32.7 Å². The van der Waals surface area contributed by atoms with Crippen LogP contribution in [0.2, 0.25) is 0 Å². The number of anilines is 1. The van der Waals surface area contributed by atoms with E-state index < -0.39 is 0 Å². The quantitative estimate of drug-likeness (QED) is 0.930. The molecule has 2 heterocycles. The first-order chi connectivity index (χ1) is 12.3. The average molecular weight is 337 g/mol. The van der Waals surface area contributed by atoms with E-state index in [1.165, 1.54) is 12.0 Å². The van der Waals surface area contributed by atoms with Crippen molar-refractivity contribution < 1.29 is 4.79 Å². The highest BCUT2D eigenvalue weighted by atomic mass is 16.2. The van der Waals surface area contributed by atoms with Crippen LogP contribution in [0.15, 0.2) is 36.4 Å². The van der Waals surface area contributed by atoms with E-state index in [1.54, 1.807) is 0 Å². The summed E-state index contributed by atoms with van der Waals surface area (Å²) in [5, 5.41) is 11.7. The van der Waals surface area contributed by atoms with Gasteiger partial charge in [-0.25, -0.2) is 4.79 Å². The van der Waals surface area contributed by atoms with Gasteiger partial charge in [0.1, 0.15) is 0 Å². The smallest absolute Gasteiger partial charge is 0.317 e. The summed E-state index contributed by atoms with van der Waals surface area (Å²) in [4.78, 5) is 16.4. The lowest BCUT2D eigenvalue weighted by atomic mass is 10.2. The van der Waals surface area contributed by atoms with Crippen LogP contribution in [0.3, 0.4) is 0 Å². The molecule has 2 aliphatic rings. The largest absolute Gasteiger partial charge is 0.352 e. The van der Waals surface area contributed by atoms with Crippen molar-refractivity contribution in [3.63, 3.8) is 0 Å². The van der Waals surface area contributed by atoms with Crippen molar-refractivity contribution in [2.45, 2.75) is 25.8 Å². The minimum Gasteiger partial charge on any atom is -0.352 e. The van der Waals surface area contributed by atoms with Gasteiger partial charge >= 0.3 is 6.03 Å². The van der Waals surface area contributed by atoms with Gasteiger partial charge in [0.25, 0.3) is 0 Å². The summed E-state index contributed by atoms with van der Waals surface area (Å²) in [6.45, 7) is 3.58. The van der Waals surface area contributed by atoms with Crippen molar-refractivity contribution in [1.29, 1.82) is 0 Å². The molecular weight excluding hydrogens is 314 g/mol. The molecule has 1 saturated heterocycles. The number of benzene rings is 1. The molecule has 130 valence electrons. The molecule has 4 rings (SSSR count). The highest BCUT2D eigenvalue weighted by Gasteiger charge is 2.23. The molecule has 1 N–H and O–H groups in total. The first-order valence-corrected chi connectivity index (χ1v) is 8.97. The van der Waals surface area contributed by atoms with E-state index in [0.29, 0.717) is 19.6 Å². The van der Waals surface area contributed by atoms with Crippen LogP contribution < -0.4 is 10.2 Å². The van der Waals surface area contributed by atoms with Crippen molar-refractivity contribution in [3.05, 3.63) is 53.2 Å². The summed E-state index contributed by atoms with van der Waals surface area (Å²) < 4.78 is 0. The van der Waals surface area contributed by atoms with Crippen molar-refractivity contribution in [1.82, 2.24) is 20.4 Å². The summed E-state index contributed by atoms with van der Waals surface area (Å²) in [7, 11) is 0. The lowest BCUT2D eigenvalue weighted by Gasteiger charge is -2.35. The Morgan fingerprint density at radius 2 is 1.84 bits per heavy atom. The van der Waals surface area contributed by atoms with Gasteiger partial charge in [-0.15, -0.1) is 5.10 Å². The van der Waals surface area contributed by atoms with Gasteiger partial charge in [0.05, 0.1) is 5.69 Å². The first kappa shape index (κ1) is 15.9. The van der Waals surface area contributed by atoms with E-state index >= 15 is 0 Å².